The number of nitrogens with zero attached hydrogens (tertiary/aromatic N) is 2. The molecule has 0 bridgehead atoms. The summed E-state index contributed by atoms with van der Waals surface area (Å²) in [6.45, 7) is 6.18. The molecule has 0 N–H and O–H groups in total. The number of carbonyl (C=O) groups excluding carboxylic acids is 2. The Labute approximate surface area is 140 Å². The fourth-order valence-corrected chi connectivity index (χ4v) is 3.25. The van der Waals surface area contributed by atoms with Crippen molar-refractivity contribution >= 4 is 29.0 Å². The molecule has 1 aromatic rings. The Kier molecular flexibility index (Phi) is 6.36. The van der Waals surface area contributed by atoms with Crippen molar-refractivity contribution in [3.63, 3.8) is 0 Å². The molecule has 1 aromatic carbocycles. The fourth-order valence-electron chi connectivity index (χ4n) is 2.42. The fraction of sp³-hybridized carbons (Fsp3) is 0.412. The zero-order valence-corrected chi connectivity index (χ0v) is 14.2. The van der Waals surface area contributed by atoms with Crippen LogP contribution < -0.4 is 0 Å². The Balaban J connectivity index is 2.11. The van der Waals surface area contributed by atoms with Gasteiger partial charge < -0.3 is 0 Å². The zero-order valence-electron chi connectivity index (χ0n) is 13.4. The molecule has 6 heteroatoms. The summed E-state index contributed by atoms with van der Waals surface area (Å²) in [5, 5.41) is -0.249. The van der Waals surface area contributed by atoms with Gasteiger partial charge in [0.05, 0.1) is 11.6 Å². The van der Waals surface area contributed by atoms with Gasteiger partial charge in [0, 0.05) is 0 Å². The molecule has 1 heterocycles. The van der Waals surface area contributed by atoms with Gasteiger partial charge in [-0.1, -0.05) is 26.0 Å². The number of hydrogen-bond acceptors (Lipinski definition) is 4. The lowest BCUT2D eigenvalue weighted by molar-refractivity contribution is -0.124. The van der Waals surface area contributed by atoms with Crippen molar-refractivity contribution in [1.82, 2.24) is 9.80 Å². The first-order chi connectivity index (χ1) is 11.0. The SMILES string of the molecule is CCCN(CCC)CN1C(=O)S/C(=C/c2ccc(F)cc2)C1=O. The van der Waals surface area contributed by atoms with E-state index in [1.54, 1.807) is 18.2 Å². The number of thioether (sulfide) groups is 1. The highest BCUT2D eigenvalue weighted by atomic mass is 32.2. The van der Waals surface area contributed by atoms with E-state index in [4.69, 9.17) is 0 Å². The van der Waals surface area contributed by atoms with Gasteiger partial charge in [-0.3, -0.25) is 19.4 Å². The molecule has 23 heavy (non-hydrogen) atoms. The quantitative estimate of drug-likeness (QED) is 0.707. The third kappa shape index (κ3) is 4.65. The standard InChI is InChI=1S/C17H21FN2O2S/c1-3-9-19(10-4-2)12-20-16(21)15(23-17(20)22)11-13-5-7-14(18)8-6-13/h5-8,11H,3-4,9-10,12H2,1-2H3/b15-11+. The molecule has 0 saturated carbocycles. The van der Waals surface area contributed by atoms with Crippen molar-refractivity contribution < 1.29 is 14.0 Å². The minimum atomic E-state index is -0.329. The lowest BCUT2D eigenvalue weighted by Crippen LogP contribution is -2.41. The van der Waals surface area contributed by atoms with E-state index in [1.165, 1.54) is 17.0 Å². The Bertz CT molecular complexity index is 595. The van der Waals surface area contributed by atoms with Crippen LogP contribution in [0.25, 0.3) is 6.08 Å². The average Bonchev–Trinajstić information content (AvgIpc) is 2.78. The molecule has 2 amide bonds. The number of rotatable bonds is 7. The molecule has 0 radical (unpaired) electrons. The van der Waals surface area contributed by atoms with Crippen LogP contribution in [0.3, 0.4) is 0 Å². The average molecular weight is 336 g/mol. The van der Waals surface area contributed by atoms with Crippen molar-refractivity contribution in [2.45, 2.75) is 26.7 Å². The summed E-state index contributed by atoms with van der Waals surface area (Å²) in [6.07, 6.45) is 3.58. The van der Waals surface area contributed by atoms with Crippen LogP contribution in [-0.2, 0) is 4.79 Å². The number of benzene rings is 1. The number of halogens is 1. The van der Waals surface area contributed by atoms with E-state index >= 15 is 0 Å². The van der Waals surface area contributed by atoms with Crippen molar-refractivity contribution in [3.05, 3.63) is 40.6 Å². The van der Waals surface area contributed by atoms with Gasteiger partial charge in [-0.2, -0.15) is 0 Å². The van der Waals surface area contributed by atoms with E-state index in [9.17, 15) is 14.0 Å². The van der Waals surface area contributed by atoms with Crippen LogP contribution in [0.4, 0.5) is 9.18 Å². The van der Waals surface area contributed by atoms with Gasteiger partial charge in [0.15, 0.2) is 0 Å². The van der Waals surface area contributed by atoms with Gasteiger partial charge in [-0.25, -0.2) is 4.39 Å². The minimum absolute atomic E-state index is 0.249. The van der Waals surface area contributed by atoms with E-state index in [0.29, 0.717) is 17.1 Å². The Morgan fingerprint density at radius 3 is 2.30 bits per heavy atom. The van der Waals surface area contributed by atoms with Crippen LogP contribution in [0.5, 0.6) is 0 Å². The number of carbonyl (C=O) groups is 2. The van der Waals surface area contributed by atoms with Crippen LogP contribution >= 0.6 is 11.8 Å². The molecule has 0 atom stereocenters. The normalized spacial score (nSPS) is 16.9. The van der Waals surface area contributed by atoms with Crippen molar-refractivity contribution in [2.24, 2.45) is 0 Å². The predicted molar refractivity (Wildman–Crippen MR) is 91.2 cm³/mol. The molecule has 1 saturated heterocycles. The van der Waals surface area contributed by atoms with Crippen molar-refractivity contribution in [3.8, 4) is 0 Å². The van der Waals surface area contributed by atoms with Crippen LogP contribution in [0.1, 0.15) is 32.3 Å². The molecular formula is C17H21FN2O2S. The molecular weight excluding hydrogens is 315 g/mol. The molecule has 1 aliphatic rings. The molecule has 1 fully saturated rings. The van der Waals surface area contributed by atoms with Crippen LogP contribution in [0.15, 0.2) is 29.2 Å². The zero-order chi connectivity index (χ0) is 16.8. The monoisotopic (exact) mass is 336 g/mol. The van der Waals surface area contributed by atoms with Gasteiger partial charge in [0.25, 0.3) is 11.1 Å². The van der Waals surface area contributed by atoms with Crippen LogP contribution in [0, 0.1) is 5.82 Å². The highest BCUT2D eigenvalue weighted by Gasteiger charge is 2.35. The maximum Gasteiger partial charge on any atom is 0.294 e. The summed E-state index contributed by atoms with van der Waals surface area (Å²) in [5.74, 6) is -0.605. The summed E-state index contributed by atoms with van der Waals surface area (Å²) in [5.41, 5.74) is 0.705. The summed E-state index contributed by atoms with van der Waals surface area (Å²) in [6, 6.07) is 5.84. The van der Waals surface area contributed by atoms with E-state index in [1.807, 2.05) is 0 Å². The van der Waals surface area contributed by atoms with E-state index in [-0.39, 0.29) is 17.0 Å². The molecule has 4 nitrogen and oxygen atoms in total. The van der Waals surface area contributed by atoms with Gasteiger partial charge in [0.2, 0.25) is 0 Å². The first-order valence-corrected chi connectivity index (χ1v) is 8.60. The molecule has 0 aliphatic carbocycles. The topological polar surface area (TPSA) is 40.6 Å². The second-order valence-corrected chi connectivity index (χ2v) is 6.41. The highest BCUT2D eigenvalue weighted by Crippen LogP contribution is 2.32. The number of hydrogen-bond donors (Lipinski definition) is 0. The molecule has 0 spiro atoms. The summed E-state index contributed by atoms with van der Waals surface area (Å²) in [7, 11) is 0. The lowest BCUT2D eigenvalue weighted by atomic mass is 10.2. The third-order valence-electron chi connectivity index (χ3n) is 3.46. The Morgan fingerprint density at radius 2 is 1.74 bits per heavy atom. The largest absolute Gasteiger partial charge is 0.294 e. The van der Waals surface area contributed by atoms with Gasteiger partial charge in [-0.05, 0) is 61.5 Å². The van der Waals surface area contributed by atoms with E-state index in [0.717, 1.165) is 37.7 Å². The van der Waals surface area contributed by atoms with Gasteiger partial charge in [0.1, 0.15) is 5.82 Å². The van der Waals surface area contributed by atoms with Crippen molar-refractivity contribution in [1.29, 1.82) is 0 Å². The molecule has 2 rings (SSSR count). The number of amides is 2. The summed E-state index contributed by atoms with van der Waals surface area (Å²) >= 11 is 0.937. The summed E-state index contributed by atoms with van der Waals surface area (Å²) in [4.78, 5) is 28.3. The Hall–Kier alpha value is -1.66. The predicted octanol–water partition coefficient (Wildman–Crippen LogP) is 3.94. The van der Waals surface area contributed by atoms with Crippen LogP contribution in [-0.4, -0.2) is 40.7 Å². The second-order valence-electron chi connectivity index (χ2n) is 5.42. The first kappa shape index (κ1) is 17.7. The smallest absolute Gasteiger partial charge is 0.286 e. The van der Waals surface area contributed by atoms with Crippen molar-refractivity contribution in [2.75, 3.05) is 19.8 Å². The number of imide groups is 1. The maximum absolute atomic E-state index is 12.9. The van der Waals surface area contributed by atoms with Crippen LogP contribution in [0.2, 0.25) is 0 Å². The van der Waals surface area contributed by atoms with E-state index in [2.05, 4.69) is 18.7 Å². The molecule has 0 aromatic heterocycles. The minimum Gasteiger partial charge on any atom is -0.286 e. The molecule has 124 valence electrons. The van der Waals surface area contributed by atoms with Gasteiger partial charge in [-0.15, -0.1) is 0 Å². The van der Waals surface area contributed by atoms with Gasteiger partial charge >= 0.3 is 0 Å². The third-order valence-corrected chi connectivity index (χ3v) is 4.37. The first-order valence-electron chi connectivity index (χ1n) is 7.78. The molecule has 0 unspecified atom stereocenters. The molecule has 1 aliphatic heterocycles. The lowest BCUT2D eigenvalue weighted by Gasteiger charge is -2.25. The van der Waals surface area contributed by atoms with E-state index < -0.39 is 0 Å². The second kappa shape index (κ2) is 8.26. The maximum atomic E-state index is 12.9. The Morgan fingerprint density at radius 1 is 1.13 bits per heavy atom. The summed E-state index contributed by atoms with van der Waals surface area (Å²) < 4.78 is 12.9. The highest BCUT2D eigenvalue weighted by molar-refractivity contribution is 8.18.